The minimum Gasteiger partial charge on any atom is -0.491 e. The Hall–Kier alpha value is -1.68. The largest absolute Gasteiger partial charge is 0.491 e. The fourth-order valence-electron chi connectivity index (χ4n) is 1.68. The maximum absolute atomic E-state index is 5.89. The SMILES string of the molecule is CCCOc1cc(Nc2cccc(Br)c2)ccc1N. The van der Waals surface area contributed by atoms with Gasteiger partial charge >= 0.3 is 0 Å². The highest BCUT2D eigenvalue weighted by atomic mass is 79.9. The van der Waals surface area contributed by atoms with E-state index in [-0.39, 0.29) is 0 Å². The number of nitrogens with one attached hydrogen (secondary N) is 1. The van der Waals surface area contributed by atoms with Crippen molar-refractivity contribution in [2.75, 3.05) is 17.7 Å². The van der Waals surface area contributed by atoms with E-state index in [9.17, 15) is 0 Å². The summed E-state index contributed by atoms with van der Waals surface area (Å²) in [5.41, 5.74) is 8.52. The monoisotopic (exact) mass is 320 g/mol. The summed E-state index contributed by atoms with van der Waals surface area (Å²) >= 11 is 3.45. The summed E-state index contributed by atoms with van der Waals surface area (Å²) in [6, 6.07) is 13.7. The van der Waals surface area contributed by atoms with Gasteiger partial charge in [-0.1, -0.05) is 28.9 Å². The minimum absolute atomic E-state index is 0.660. The Morgan fingerprint density at radius 1 is 1.16 bits per heavy atom. The standard InChI is InChI=1S/C15H17BrN2O/c1-2-8-19-15-10-13(6-7-14(15)17)18-12-5-3-4-11(16)9-12/h3-7,9-10,18H,2,8,17H2,1H3. The summed E-state index contributed by atoms with van der Waals surface area (Å²) in [7, 11) is 0. The Balaban J connectivity index is 2.16. The van der Waals surface area contributed by atoms with Gasteiger partial charge in [0.1, 0.15) is 5.75 Å². The van der Waals surface area contributed by atoms with Crippen LogP contribution in [0.5, 0.6) is 5.75 Å². The van der Waals surface area contributed by atoms with Crippen LogP contribution >= 0.6 is 15.9 Å². The predicted octanol–water partition coefficient (Wildman–Crippen LogP) is 4.56. The van der Waals surface area contributed by atoms with E-state index < -0.39 is 0 Å². The Labute approximate surface area is 121 Å². The van der Waals surface area contributed by atoms with Crippen LogP contribution in [0.1, 0.15) is 13.3 Å². The van der Waals surface area contributed by atoms with Crippen molar-refractivity contribution in [2.45, 2.75) is 13.3 Å². The molecule has 0 aliphatic heterocycles. The molecule has 3 N–H and O–H groups in total. The molecule has 0 saturated carbocycles. The zero-order valence-corrected chi connectivity index (χ0v) is 12.4. The number of rotatable bonds is 5. The maximum atomic E-state index is 5.89. The molecule has 0 unspecified atom stereocenters. The molecular weight excluding hydrogens is 304 g/mol. The molecule has 2 aromatic carbocycles. The highest BCUT2D eigenvalue weighted by Crippen LogP contribution is 2.28. The van der Waals surface area contributed by atoms with E-state index >= 15 is 0 Å². The molecule has 2 aromatic rings. The lowest BCUT2D eigenvalue weighted by molar-refractivity contribution is 0.319. The van der Waals surface area contributed by atoms with Crippen LogP contribution in [0, 0.1) is 0 Å². The van der Waals surface area contributed by atoms with Gasteiger partial charge in [0, 0.05) is 21.9 Å². The van der Waals surface area contributed by atoms with Gasteiger partial charge in [0.2, 0.25) is 0 Å². The molecule has 19 heavy (non-hydrogen) atoms. The van der Waals surface area contributed by atoms with Crippen molar-refractivity contribution in [2.24, 2.45) is 0 Å². The molecule has 4 heteroatoms. The lowest BCUT2D eigenvalue weighted by Crippen LogP contribution is -2.00. The van der Waals surface area contributed by atoms with Crippen molar-refractivity contribution in [3.63, 3.8) is 0 Å². The first kappa shape index (κ1) is 13.7. The van der Waals surface area contributed by atoms with E-state index in [1.807, 2.05) is 42.5 Å². The van der Waals surface area contributed by atoms with Crippen LogP contribution in [0.2, 0.25) is 0 Å². The summed E-state index contributed by atoms with van der Waals surface area (Å²) in [5, 5.41) is 3.32. The van der Waals surface area contributed by atoms with Crippen molar-refractivity contribution < 1.29 is 4.74 Å². The number of hydrogen-bond acceptors (Lipinski definition) is 3. The predicted molar refractivity (Wildman–Crippen MR) is 84.1 cm³/mol. The summed E-state index contributed by atoms with van der Waals surface area (Å²) in [4.78, 5) is 0. The van der Waals surface area contributed by atoms with Gasteiger partial charge in [-0.15, -0.1) is 0 Å². The summed E-state index contributed by atoms with van der Waals surface area (Å²) in [6.07, 6.45) is 0.961. The van der Waals surface area contributed by atoms with E-state index in [4.69, 9.17) is 10.5 Å². The highest BCUT2D eigenvalue weighted by molar-refractivity contribution is 9.10. The van der Waals surface area contributed by atoms with E-state index in [1.54, 1.807) is 0 Å². The number of halogens is 1. The summed E-state index contributed by atoms with van der Waals surface area (Å²) in [6.45, 7) is 2.74. The summed E-state index contributed by atoms with van der Waals surface area (Å²) < 4.78 is 6.65. The molecule has 0 atom stereocenters. The quantitative estimate of drug-likeness (QED) is 0.794. The molecule has 0 aromatic heterocycles. The van der Waals surface area contributed by atoms with Gasteiger partial charge in [0.05, 0.1) is 12.3 Å². The van der Waals surface area contributed by atoms with Crippen molar-refractivity contribution in [3.05, 3.63) is 46.9 Å². The molecule has 0 aliphatic rings. The fourth-order valence-corrected chi connectivity index (χ4v) is 2.08. The number of hydrogen-bond donors (Lipinski definition) is 2. The van der Waals surface area contributed by atoms with Gasteiger partial charge in [-0.2, -0.15) is 0 Å². The molecule has 0 amide bonds. The van der Waals surface area contributed by atoms with Crippen molar-refractivity contribution in [1.29, 1.82) is 0 Å². The third-order valence-corrected chi connectivity index (χ3v) is 3.08. The second-order valence-electron chi connectivity index (χ2n) is 4.24. The van der Waals surface area contributed by atoms with Gasteiger partial charge in [0.25, 0.3) is 0 Å². The Morgan fingerprint density at radius 2 is 1.95 bits per heavy atom. The molecular formula is C15H17BrN2O. The summed E-state index contributed by atoms with van der Waals surface area (Å²) in [5.74, 6) is 0.724. The van der Waals surface area contributed by atoms with E-state index in [0.717, 1.165) is 28.0 Å². The van der Waals surface area contributed by atoms with Gasteiger partial charge in [-0.05, 0) is 36.8 Å². The molecule has 2 rings (SSSR count). The Bertz CT molecular complexity index is 558. The molecule has 0 saturated heterocycles. The molecule has 0 radical (unpaired) electrons. The Morgan fingerprint density at radius 3 is 2.68 bits per heavy atom. The molecule has 0 aliphatic carbocycles. The van der Waals surface area contributed by atoms with E-state index in [2.05, 4.69) is 28.2 Å². The van der Waals surface area contributed by atoms with Gasteiger partial charge < -0.3 is 15.8 Å². The second kappa shape index (κ2) is 6.48. The van der Waals surface area contributed by atoms with Crippen LogP contribution in [0.15, 0.2) is 46.9 Å². The topological polar surface area (TPSA) is 47.3 Å². The van der Waals surface area contributed by atoms with E-state index in [1.165, 1.54) is 0 Å². The molecule has 0 bridgehead atoms. The number of ether oxygens (including phenoxy) is 1. The molecule has 0 fully saturated rings. The van der Waals surface area contributed by atoms with E-state index in [0.29, 0.717) is 12.3 Å². The zero-order chi connectivity index (χ0) is 13.7. The molecule has 100 valence electrons. The van der Waals surface area contributed by atoms with Gasteiger partial charge in [0.15, 0.2) is 0 Å². The molecule has 0 spiro atoms. The smallest absolute Gasteiger partial charge is 0.144 e. The highest BCUT2D eigenvalue weighted by Gasteiger charge is 2.03. The fraction of sp³-hybridized carbons (Fsp3) is 0.200. The minimum atomic E-state index is 0.660. The van der Waals surface area contributed by atoms with Crippen LogP contribution in [-0.2, 0) is 0 Å². The first-order valence-electron chi connectivity index (χ1n) is 6.24. The van der Waals surface area contributed by atoms with Crippen LogP contribution in [0.4, 0.5) is 17.1 Å². The lowest BCUT2D eigenvalue weighted by atomic mass is 10.2. The zero-order valence-electron chi connectivity index (χ0n) is 10.8. The average Bonchev–Trinajstić information content (AvgIpc) is 2.39. The van der Waals surface area contributed by atoms with Crippen LogP contribution in [-0.4, -0.2) is 6.61 Å². The second-order valence-corrected chi connectivity index (χ2v) is 5.15. The maximum Gasteiger partial charge on any atom is 0.144 e. The first-order chi connectivity index (χ1) is 9.19. The first-order valence-corrected chi connectivity index (χ1v) is 7.03. The number of nitrogens with two attached hydrogens (primary N) is 1. The van der Waals surface area contributed by atoms with Crippen LogP contribution in [0.25, 0.3) is 0 Å². The third-order valence-electron chi connectivity index (χ3n) is 2.59. The average molecular weight is 321 g/mol. The normalized spacial score (nSPS) is 10.2. The van der Waals surface area contributed by atoms with Crippen molar-refractivity contribution >= 4 is 33.0 Å². The third kappa shape index (κ3) is 3.89. The van der Waals surface area contributed by atoms with Crippen molar-refractivity contribution in [3.8, 4) is 5.75 Å². The van der Waals surface area contributed by atoms with Gasteiger partial charge in [-0.25, -0.2) is 0 Å². The molecule has 3 nitrogen and oxygen atoms in total. The Kier molecular flexibility index (Phi) is 4.68. The molecule has 0 heterocycles. The van der Waals surface area contributed by atoms with Crippen molar-refractivity contribution in [1.82, 2.24) is 0 Å². The lowest BCUT2D eigenvalue weighted by Gasteiger charge is -2.12. The van der Waals surface area contributed by atoms with Crippen LogP contribution in [0.3, 0.4) is 0 Å². The number of nitrogen functional groups attached to an aromatic ring is 1. The number of benzene rings is 2. The number of anilines is 3. The van der Waals surface area contributed by atoms with Gasteiger partial charge in [-0.3, -0.25) is 0 Å². The van der Waals surface area contributed by atoms with Crippen LogP contribution < -0.4 is 15.8 Å².